The van der Waals surface area contributed by atoms with Crippen molar-refractivity contribution in [2.45, 2.75) is 0 Å². The van der Waals surface area contributed by atoms with E-state index >= 15 is 0 Å². The number of nitrogens with one attached hydrogen (secondary N) is 1. The summed E-state index contributed by atoms with van der Waals surface area (Å²) in [5.74, 6) is -0.959. The molecule has 2 N–H and O–H groups in total. The third-order valence-electron chi connectivity index (χ3n) is 1.89. The Morgan fingerprint density at radius 2 is 2.19 bits per heavy atom. The molecule has 0 aliphatic carbocycles. The van der Waals surface area contributed by atoms with Crippen molar-refractivity contribution < 1.29 is 9.90 Å². The van der Waals surface area contributed by atoms with Crippen LogP contribution in [0.25, 0.3) is 11.5 Å². The van der Waals surface area contributed by atoms with Gasteiger partial charge in [-0.15, -0.1) is 0 Å². The monoisotopic (exact) mass is 217 g/mol. The molecule has 0 aromatic carbocycles. The van der Waals surface area contributed by atoms with E-state index in [1.54, 1.807) is 0 Å². The standard InChI is InChI=1S/C10H7N3O3/c14-6-1-3-11-8(5-6)9-12-4-2-7(13-9)10(15)16/h1-5H,(H,11,14)(H,15,16). The molecule has 2 heterocycles. The molecule has 0 atom stereocenters. The molecular formula is C10H7N3O3. The van der Waals surface area contributed by atoms with Crippen molar-refractivity contribution >= 4 is 5.97 Å². The highest BCUT2D eigenvalue weighted by molar-refractivity contribution is 5.85. The Morgan fingerprint density at radius 1 is 1.38 bits per heavy atom. The predicted molar refractivity (Wildman–Crippen MR) is 55.0 cm³/mol. The van der Waals surface area contributed by atoms with Gasteiger partial charge in [0, 0.05) is 24.5 Å². The molecular weight excluding hydrogens is 210 g/mol. The first-order chi connectivity index (χ1) is 7.66. The van der Waals surface area contributed by atoms with Crippen LogP contribution in [-0.4, -0.2) is 26.0 Å². The molecule has 0 saturated carbocycles. The lowest BCUT2D eigenvalue weighted by molar-refractivity contribution is 0.0690. The third-order valence-corrected chi connectivity index (χ3v) is 1.89. The van der Waals surface area contributed by atoms with Crippen LogP contribution in [0.15, 0.2) is 35.4 Å². The molecule has 0 amide bonds. The maximum absolute atomic E-state index is 11.1. The molecule has 0 saturated heterocycles. The van der Waals surface area contributed by atoms with Gasteiger partial charge in [-0.05, 0) is 6.07 Å². The van der Waals surface area contributed by atoms with Crippen molar-refractivity contribution in [3.8, 4) is 11.5 Å². The fourth-order valence-electron chi connectivity index (χ4n) is 1.18. The number of hydrogen-bond donors (Lipinski definition) is 2. The van der Waals surface area contributed by atoms with Gasteiger partial charge in [0.2, 0.25) is 0 Å². The SMILES string of the molecule is O=C(O)c1ccnc(-c2cc(=O)cc[nH]2)n1. The average Bonchev–Trinajstić information content (AvgIpc) is 2.29. The summed E-state index contributed by atoms with van der Waals surface area (Å²) in [6, 6.07) is 3.94. The Kier molecular flexibility index (Phi) is 2.47. The van der Waals surface area contributed by atoms with E-state index in [0.29, 0.717) is 5.69 Å². The van der Waals surface area contributed by atoms with Crippen LogP contribution in [-0.2, 0) is 0 Å². The van der Waals surface area contributed by atoms with E-state index in [1.807, 2.05) is 0 Å². The molecule has 80 valence electrons. The number of hydrogen-bond acceptors (Lipinski definition) is 4. The number of pyridine rings is 1. The van der Waals surface area contributed by atoms with E-state index in [-0.39, 0.29) is 16.9 Å². The maximum Gasteiger partial charge on any atom is 0.354 e. The van der Waals surface area contributed by atoms with E-state index in [4.69, 9.17) is 5.11 Å². The number of carboxylic acid groups (broad SMARTS) is 1. The first kappa shape index (κ1) is 10.0. The fraction of sp³-hybridized carbons (Fsp3) is 0. The van der Waals surface area contributed by atoms with Gasteiger partial charge in [0.15, 0.2) is 16.9 Å². The van der Waals surface area contributed by atoms with Crippen LogP contribution in [0, 0.1) is 0 Å². The number of nitrogens with zero attached hydrogens (tertiary/aromatic N) is 2. The largest absolute Gasteiger partial charge is 0.477 e. The first-order valence-corrected chi connectivity index (χ1v) is 4.42. The summed E-state index contributed by atoms with van der Waals surface area (Å²) in [4.78, 5) is 32.2. The summed E-state index contributed by atoms with van der Waals surface area (Å²) in [5.41, 5.74) is 0.0726. The molecule has 2 aromatic heterocycles. The summed E-state index contributed by atoms with van der Waals surface area (Å²) in [6.07, 6.45) is 2.78. The van der Waals surface area contributed by atoms with Crippen LogP contribution in [0.4, 0.5) is 0 Å². The molecule has 0 unspecified atom stereocenters. The number of aromatic nitrogens is 3. The quantitative estimate of drug-likeness (QED) is 0.764. The van der Waals surface area contributed by atoms with Crippen molar-refractivity contribution in [3.05, 3.63) is 46.5 Å². The molecule has 0 aliphatic rings. The predicted octanol–water partition coefficient (Wildman–Crippen LogP) is 0.530. The average molecular weight is 217 g/mol. The molecule has 0 fully saturated rings. The minimum atomic E-state index is -1.14. The van der Waals surface area contributed by atoms with Crippen LogP contribution in [0.3, 0.4) is 0 Å². The fourth-order valence-corrected chi connectivity index (χ4v) is 1.18. The third kappa shape index (κ3) is 1.95. The molecule has 0 bridgehead atoms. The maximum atomic E-state index is 11.1. The Morgan fingerprint density at radius 3 is 2.88 bits per heavy atom. The van der Waals surface area contributed by atoms with E-state index in [2.05, 4.69) is 15.0 Å². The van der Waals surface area contributed by atoms with Crippen molar-refractivity contribution in [1.82, 2.24) is 15.0 Å². The number of rotatable bonds is 2. The number of carboxylic acids is 1. The van der Waals surface area contributed by atoms with Gasteiger partial charge in [0.05, 0.1) is 5.69 Å². The number of carbonyl (C=O) groups is 1. The van der Waals surface area contributed by atoms with E-state index in [0.717, 1.165) is 0 Å². The number of H-pyrrole nitrogens is 1. The minimum Gasteiger partial charge on any atom is -0.477 e. The van der Waals surface area contributed by atoms with Crippen LogP contribution in [0.2, 0.25) is 0 Å². The van der Waals surface area contributed by atoms with E-state index < -0.39 is 5.97 Å². The molecule has 2 aromatic rings. The van der Waals surface area contributed by atoms with Crippen molar-refractivity contribution in [2.24, 2.45) is 0 Å². The van der Waals surface area contributed by atoms with Gasteiger partial charge in [-0.25, -0.2) is 14.8 Å². The van der Waals surface area contributed by atoms with Crippen molar-refractivity contribution in [2.75, 3.05) is 0 Å². The highest BCUT2D eigenvalue weighted by Gasteiger charge is 2.08. The number of aromatic carboxylic acids is 1. The Bertz CT molecular complexity index is 592. The van der Waals surface area contributed by atoms with E-state index in [9.17, 15) is 9.59 Å². The number of aromatic amines is 1. The lowest BCUT2D eigenvalue weighted by Crippen LogP contribution is -2.05. The summed E-state index contributed by atoms with van der Waals surface area (Å²) >= 11 is 0. The first-order valence-electron chi connectivity index (χ1n) is 4.42. The van der Waals surface area contributed by atoms with Gasteiger partial charge in [-0.1, -0.05) is 0 Å². The Labute approximate surface area is 89.6 Å². The van der Waals surface area contributed by atoms with Crippen LogP contribution < -0.4 is 5.43 Å². The smallest absolute Gasteiger partial charge is 0.354 e. The Balaban J connectivity index is 2.52. The summed E-state index contributed by atoms with van der Waals surface area (Å²) in [7, 11) is 0. The summed E-state index contributed by atoms with van der Waals surface area (Å²) < 4.78 is 0. The van der Waals surface area contributed by atoms with Gasteiger partial charge >= 0.3 is 5.97 Å². The molecule has 6 heteroatoms. The molecule has 0 aliphatic heterocycles. The summed E-state index contributed by atoms with van der Waals surface area (Å²) in [5, 5.41) is 8.75. The van der Waals surface area contributed by atoms with E-state index in [1.165, 1.54) is 30.6 Å². The van der Waals surface area contributed by atoms with Crippen molar-refractivity contribution in [1.29, 1.82) is 0 Å². The van der Waals surface area contributed by atoms with Crippen LogP contribution >= 0.6 is 0 Å². The van der Waals surface area contributed by atoms with Crippen LogP contribution in [0.1, 0.15) is 10.5 Å². The van der Waals surface area contributed by atoms with Gasteiger partial charge in [0.25, 0.3) is 0 Å². The van der Waals surface area contributed by atoms with Gasteiger partial charge < -0.3 is 10.1 Å². The zero-order valence-electron chi connectivity index (χ0n) is 8.04. The van der Waals surface area contributed by atoms with Gasteiger partial charge in [-0.2, -0.15) is 0 Å². The topological polar surface area (TPSA) is 95.9 Å². The Hall–Kier alpha value is -2.50. The van der Waals surface area contributed by atoms with Crippen molar-refractivity contribution in [3.63, 3.8) is 0 Å². The second-order valence-corrected chi connectivity index (χ2v) is 3.01. The second kappa shape index (κ2) is 3.93. The second-order valence-electron chi connectivity index (χ2n) is 3.01. The molecule has 16 heavy (non-hydrogen) atoms. The summed E-state index contributed by atoms with van der Waals surface area (Å²) in [6.45, 7) is 0. The zero-order valence-corrected chi connectivity index (χ0v) is 8.04. The lowest BCUT2D eigenvalue weighted by atomic mass is 10.3. The molecule has 6 nitrogen and oxygen atoms in total. The normalized spacial score (nSPS) is 10.0. The zero-order chi connectivity index (χ0) is 11.5. The van der Waals surface area contributed by atoms with Gasteiger partial charge in [0.1, 0.15) is 0 Å². The molecule has 0 radical (unpaired) electrons. The highest BCUT2D eigenvalue weighted by Crippen LogP contribution is 2.08. The highest BCUT2D eigenvalue weighted by atomic mass is 16.4. The van der Waals surface area contributed by atoms with Crippen LogP contribution in [0.5, 0.6) is 0 Å². The lowest BCUT2D eigenvalue weighted by Gasteiger charge is -1.99. The molecule has 0 spiro atoms. The van der Waals surface area contributed by atoms with Gasteiger partial charge in [-0.3, -0.25) is 4.79 Å². The molecule has 2 rings (SSSR count). The minimum absolute atomic E-state index is 0.116.